The first-order valence-electron chi connectivity index (χ1n) is 7.90. The summed E-state index contributed by atoms with van der Waals surface area (Å²) < 4.78 is 5.55. The van der Waals surface area contributed by atoms with E-state index in [1.54, 1.807) is 6.08 Å². The van der Waals surface area contributed by atoms with Crippen LogP contribution in [0.3, 0.4) is 0 Å². The first kappa shape index (κ1) is 17.2. The molecule has 4 nitrogen and oxygen atoms in total. The van der Waals surface area contributed by atoms with Gasteiger partial charge in [-0.3, -0.25) is 9.69 Å². The number of hydrogen-bond acceptors (Lipinski definition) is 4. The number of nitriles is 1. The van der Waals surface area contributed by atoms with Gasteiger partial charge in [0.2, 0.25) is 0 Å². The second-order valence-electron chi connectivity index (χ2n) is 6.90. The van der Waals surface area contributed by atoms with Crippen LogP contribution in [0, 0.1) is 17.2 Å². The van der Waals surface area contributed by atoms with Gasteiger partial charge in [-0.05, 0) is 32.8 Å². The van der Waals surface area contributed by atoms with Gasteiger partial charge >= 0.3 is 5.97 Å². The van der Waals surface area contributed by atoms with Crippen LogP contribution in [-0.4, -0.2) is 28.6 Å². The molecule has 0 aromatic heterocycles. The Labute approximate surface area is 138 Å². The van der Waals surface area contributed by atoms with E-state index in [9.17, 15) is 10.1 Å². The number of nitrogens with zero attached hydrogens (tertiary/aromatic N) is 2. The minimum absolute atomic E-state index is 0.141. The number of rotatable bonds is 4. The Morgan fingerprint density at radius 2 is 2.09 bits per heavy atom. The molecule has 122 valence electrons. The zero-order valence-corrected chi connectivity index (χ0v) is 14.0. The van der Waals surface area contributed by atoms with E-state index in [4.69, 9.17) is 4.74 Å². The lowest BCUT2D eigenvalue weighted by molar-refractivity contribution is -0.160. The highest BCUT2D eigenvalue weighted by atomic mass is 16.6. The number of likely N-dealkylation sites (tertiary alicyclic amines) is 1. The molecule has 0 N–H and O–H groups in total. The van der Waals surface area contributed by atoms with Crippen LogP contribution < -0.4 is 0 Å². The maximum Gasteiger partial charge on any atom is 0.323 e. The van der Waals surface area contributed by atoms with E-state index in [0.717, 1.165) is 5.56 Å². The van der Waals surface area contributed by atoms with Crippen LogP contribution >= 0.6 is 0 Å². The fourth-order valence-electron chi connectivity index (χ4n) is 2.99. The summed E-state index contributed by atoms with van der Waals surface area (Å²) in [6, 6.07) is 11.7. The lowest BCUT2D eigenvalue weighted by Crippen LogP contribution is -2.43. The molecule has 1 aromatic carbocycles. The van der Waals surface area contributed by atoms with Crippen molar-refractivity contribution in [2.75, 3.05) is 0 Å². The highest BCUT2D eigenvalue weighted by molar-refractivity contribution is 5.77. The number of carbonyl (C=O) groups is 1. The van der Waals surface area contributed by atoms with E-state index in [0.29, 0.717) is 13.0 Å². The molecule has 1 aliphatic heterocycles. The molecular formula is C19H24N2O2. The van der Waals surface area contributed by atoms with E-state index in [-0.39, 0.29) is 17.9 Å². The van der Waals surface area contributed by atoms with Crippen molar-refractivity contribution in [3.63, 3.8) is 0 Å². The maximum absolute atomic E-state index is 12.6. The summed E-state index contributed by atoms with van der Waals surface area (Å²) in [7, 11) is 0. The molecule has 1 aromatic rings. The van der Waals surface area contributed by atoms with Crippen molar-refractivity contribution in [3.05, 3.63) is 48.6 Å². The minimum Gasteiger partial charge on any atom is -0.459 e. The average Bonchev–Trinajstić information content (AvgIpc) is 2.84. The van der Waals surface area contributed by atoms with Crippen LogP contribution in [0.15, 0.2) is 43.0 Å². The van der Waals surface area contributed by atoms with Gasteiger partial charge in [-0.2, -0.15) is 5.26 Å². The van der Waals surface area contributed by atoms with Crippen molar-refractivity contribution in [2.45, 2.75) is 51.4 Å². The third-order valence-electron chi connectivity index (χ3n) is 3.97. The van der Waals surface area contributed by atoms with Gasteiger partial charge in [0, 0.05) is 12.6 Å². The summed E-state index contributed by atoms with van der Waals surface area (Å²) in [5, 5.41) is 9.41. The van der Waals surface area contributed by atoms with E-state index in [1.807, 2.05) is 56.0 Å². The van der Waals surface area contributed by atoms with Crippen LogP contribution in [-0.2, 0) is 16.1 Å². The molecule has 2 rings (SSSR count). The summed E-state index contributed by atoms with van der Waals surface area (Å²) in [6.45, 7) is 10.0. The van der Waals surface area contributed by atoms with Gasteiger partial charge in [0.05, 0.1) is 12.0 Å². The fourth-order valence-corrected chi connectivity index (χ4v) is 2.99. The molecule has 1 unspecified atom stereocenters. The predicted molar refractivity (Wildman–Crippen MR) is 89.3 cm³/mol. The molecule has 0 aliphatic carbocycles. The van der Waals surface area contributed by atoms with Gasteiger partial charge in [-0.15, -0.1) is 6.58 Å². The standard InChI is InChI=1S/C19H24N2O2/c1-5-16-15(12-20)11-17(18(22)23-19(2,3)4)21(16)13-14-9-7-6-8-10-14/h5-10,15-17H,1,11,13H2,2-4H3/t15-,16-,17?/m0/s1. The largest absolute Gasteiger partial charge is 0.459 e. The molecule has 3 atom stereocenters. The van der Waals surface area contributed by atoms with E-state index in [1.165, 1.54) is 0 Å². The van der Waals surface area contributed by atoms with Crippen LogP contribution in [0.5, 0.6) is 0 Å². The van der Waals surface area contributed by atoms with Gasteiger partial charge in [0.25, 0.3) is 0 Å². The van der Waals surface area contributed by atoms with Gasteiger partial charge in [0.15, 0.2) is 0 Å². The SMILES string of the molecule is C=C[C@H]1[C@H](C#N)CC(C(=O)OC(C)(C)C)N1Cc1ccccc1. The van der Waals surface area contributed by atoms with Crippen molar-refractivity contribution < 1.29 is 9.53 Å². The first-order valence-corrected chi connectivity index (χ1v) is 7.90. The predicted octanol–water partition coefficient (Wildman–Crippen LogP) is 3.30. The zero-order valence-electron chi connectivity index (χ0n) is 14.0. The Morgan fingerprint density at radius 3 is 2.61 bits per heavy atom. The highest BCUT2D eigenvalue weighted by Crippen LogP contribution is 2.33. The van der Waals surface area contributed by atoms with Crippen molar-refractivity contribution in [2.24, 2.45) is 5.92 Å². The first-order chi connectivity index (χ1) is 10.9. The van der Waals surface area contributed by atoms with Crippen molar-refractivity contribution in [1.29, 1.82) is 5.26 Å². The second-order valence-corrected chi connectivity index (χ2v) is 6.90. The normalized spacial score (nSPS) is 24.9. The monoisotopic (exact) mass is 312 g/mol. The summed E-state index contributed by atoms with van der Waals surface area (Å²) in [4.78, 5) is 14.6. The van der Waals surface area contributed by atoms with Crippen LogP contribution in [0.4, 0.5) is 0 Å². The Kier molecular flexibility index (Phi) is 5.23. The lowest BCUT2D eigenvalue weighted by atomic mass is 10.0. The number of hydrogen-bond donors (Lipinski definition) is 0. The molecular weight excluding hydrogens is 288 g/mol. The summed E-state index contributed by atoms with van der Waals surface area (Å²) in [6.07, 6.45) is 2.25. The number of ether oxygens (including phenoxy) is 1. The maximum atomic E-state index is 12.6. The number of benzene rings is 1. The molecule has 23 heavy (non-hydrogen) atoms. The molecule has 1 heterocycles. The molecule has 0 bridgehead atoms. The Morgan fingerprint density at radius 1 is 1.43 bits per heavy atom. The summed E-state index contributed by atoms with van der Waals surface area (Å²) >= 11 is 0. The summed E-state index contributed by atoms with van der Waals surface area (Å²) in [5.41, 5.74) is 0.565. The Hall–Kier alpha value is -2.12. The van der Waals surface area contributed by atoms with Gasteiger partial charge in [-0.1, -0.05) is 36.4 Å². The van der Waals surface area contributed by atoms with Gasteiger partial charge in [-0.25, -0.2) is 0 Å². The molecule has 0 amide bonds. The quantitative estimate of drug-likeness (QED) is 0.632. The van der Waals surface area contributed by atoms with Crippen LogP contribution in [0.2, 0.25) is 0 Å². The molecule has 1 aliphatic rings. The molecule has 4 heteroatoms. The minimum atomic E-state index is -0.538. The van der Waals surface area contributed by atoms with E-state index >= 15 is 0 Å². The lowest BCUT2D eigenvalue weighted by Gasteiger charge is -2.30. The highest BCUT2D eigenvalue weighted by Gasteiger charge is 2.44. The van der Waals surface area contributed by atoms with Crippen molar-refractivity contribution >= 4 is 5.97 Å². The molecule has 1 fully saturated rings. The zero-order chi connectivity index (χ0) is 17.0. The average molecular weight is 312 g/mol. The summed E-state index contributed by atoms with van der Waals surface area (Å²) in [5.74, 6) is -0.508. The van der Waals surface area contributed by atoms with Gasteiger partial charge < -0.3 is 4.74 Å². The molecule has 1 saturated heterocycles. The van der Waals surface area contributed by atoms with Gasteiger partial charge in [0.1, 0.15) is 11.6 Å². The number of esters is 1. The third kappa shape index (κ3) is 4.20. The number of carbonyl (C=O) groups excluding carboxylic acids is 1. The second kappa shape index (κ2) is 6.97. The van der Waals surface area contributed by atoms with Crippen LogP contribution in [0.1, 0.15) is 32.8 Å². The van der Waals surface area contributed by atoms with Crippen molar-refractivity contribution in [3.8, 4) is 6.07 Å². The molecule has 0 saturated carbocycles. The fraction of sp³-hybridized carbons (Fsp3) is 0.474. The Balaban J connectivity index is 2.25. The third-order valence-corrected chi connectivity index (χ3v) is 3.97. The Bertz CT molecular complexity index is 598. The van der Waals surface area contributed by atoms with Crippen molar-refractivity contribution in [1.82, 2.24) is 4.90 Å². The molecule has 0 spiro atoms. The smallest absolute Gasteiger partial charge is 0.323 e. The van der Waals surface area contributed by atoms with E-state index in [2.05, 4.69) is 12.6 Å². The topological polar surface area (TPSA) is 53.3 Å². The van der Waals surface area contributed by atoms with E-state index < -0.39 is 11.6 Å². The van der Waals surface area contributed by atoms with Crippen LogP contribution in [0.25, 0.3) is 0 Å². The molecule has 0 radical (unpaired) electrons.